The molecule has 1 saturated carbocycles. The van der Waals surface area contributed by atoms with Gasteiger partial charge in [-0.25, -0.2) is 0 Å². The molecule has 5 rings (SSSR count). The summed E-state index contributed by atoms with van der Waals surface area (Å²) in [7, 11) is 0. The van der Waals surface area contributed by atoms with Gasteiger partial charge in [-0.3, -0.25) is 4.79 Å². The number of carbonyl (C=O) groups excluding carboxylic acids is 1. The molecule has 0 bridgehead atoms. The van der Waals surface area contributed by atoms with E-state index in [-0.39, 0.29) is 16.0 Å². The Morgan fingerprint density at radius 1 is 1.23 bits per heavy atom. The van der Waals surface area contributed by atoms with Crippen LogP contribution in [0.15, 0.2) is 30.3 Å². The van der Waals surface area contributed by atoms with Crippen LogP contribution < -0.4 is 0 Å². The lowest BCUT2D eigenvalue weighted by molar-refractivity contribution is -0.138. The fourth-order valence-corrected chi connectivity index (χ4v) is 8.43. The lowest BCUT2D eigenvalue weighted by Gasteiger charge is -2.49. The maximum Gasteiger partial charge on any atom is 0.231 e. The topological polar surface area (TPSA) is 29.5 Å². The Bertz CT molecular complexity index is 631. The van der Waals surface area contributed by atoms with Gasteiger partial charge in [0.2, 0.25) is 5.91 Å². The van der Waals surface area contributed by atoms with Crippen LogP contribution in [0.1, 0.15) is 24.9 Å². The zero-order valence-electron chi connectivity index (χ0n) is 12.5. The number of fused-ring (bicyclic) bond motifs is 4. The van der Waals surface area contributed by atoms with E-state index in [0.717, 1.165) is 6.42 Å². The van der Waals surface area contributed by atoms with Gasteiger partial charge in [-0.2, -0.15) is 0 Å². The van der Waals surface area contributed by atoms with Gasteiger partial charge >= 0.3 is 0 Å². The quantitative estimate of drug-likeness (QED) is 0.790. The molecule has 0 N–H and O–H groups in total. The first-order chi connectivity index (χ1) is 10.7. The van der Waals surface area contributed by atoms with Crippen LogP contribution in [0.4, 0.5) is 0 Å². The average molecular weight is 333 g/mol. The van der Waals surface area contributed by atoms with Crippen molar-refractivity contribution in [3.63, 3.8) is 0 Å². The number of amides is 1. The number of benzene rings is 1. The highest BCUT2D eigenvalue weighted by Gasteiger charge is 2.74. The maximum atomic E-state index is 13.2. The molecule has 4 aliphatic rings. The molecule has 3 aliphatic heterocycles. The van der Waals surface area contributed by atoms with Gasteiger partial charge in [0.15, 0.2) is 0 Å². The molecular formula is C17H19NO2S2. The Kier molecular flexibility index (Phi) is 2.79. The molecule has 3 saturated heterocycles. The van der Waals surface area contributed by atoms with Crippen molar-refractivity contribution in [3.8, 4) is 0 Å². The van der Waals surface area contributed by atoms with E-state index in [9.17, 15) is 4.79 Å². The van der Waals surface area contributed by atoms with Crippen molar-refractivity contribution in [1.82, 2.24) is 4.90 Å². The van der Waals surface area contributed by atoms with Gasteiger partial charge in [0.1, 0.15) is 5.72 Å². The summed E-state index contributed by atoms with van der Waals surface area (Å²) >= 11 is 4.01. The van der Waals surface area contributed by atoms with Crippen LogP contribution in [-0.4, -0.2) is 38.7 Å². The minimum Gasteiger partial charge on any atom is -0.353 e. The molecule has 4 atom stereocenters. The highest BCUT2D eigenvalue weighted by molar-refractivity contribution is 8.21. The van der Waals surface area contributed by atoms with E-state index in [1.54, 1.807) is 0 Å². The van der Waals surface area contributed by atoms with Crippen molar-refractivity contribution < 1.29 is 9.53 Å². The molecule has 3 nitrogen and oxygen atoms in total. The molecule has 1 aromatic rings. The zero-order chi connectivity index (χ0) is 14.9. The third kappa shape index (κ3) is 1.53. The first kappa shape index (κ1) is 13.8. The van der Waals surface area contributed by atoms with Crippen LogP contribution in [-0.2, 0) is 9.53 Å². The summed E-state index contributed by atoms with van der Waals surface area (Å²) in [4.78, 5) is 15.3. The normalized spacial score (nSPS) is 41.6. The number of nitrogens with zero attached hydrogens (tertiary/aromatic N) is 1. The molecular weight excluding hydrogens is 314 g/mol. The summed E-state index contributed by atoms with van der Waals surface area (Å²) in [6.07, 6.45) is 1.12. The van der Waals surface area contributed by atoms with E-state index in [2.05, 4.69) is 24.0 Å². The van der Waals surface area contributed by atoms with E-state index in [0.29, 0.717) is 18.4 Å². The fourth-order valence-electron chi connectivity index (χ4n) is 4.75. The Labute approximate surface area is 139 Å². The standard InChI is InChI=1S/C17H19NO2S2/c1-16-12-9-17(21-7-8-22-17)14(12)15(19)18(16)13(10-20-16)11-5-3-2-4-6-11/h2-6,12-14H,7-10H2,1H3/t12-,13+,14+,16+/m1/s1. The zero-order valence-corrected chi connectivity index (χ0v) is 14.2. The minimum atomic E-state index is -0.392. The largest absolute Gasteiger partial charge is 0.353 e. The Morgan fingerprint density at radius 2 is 1.95 bits per heavy atom. The van der Waals surface area contributed by atoms with Crippen molar-refractivity contribution in [3.05, 3.63) is 35.9 Å². The van der Waals surface area contributed by atoms with E-state index >= 15 is 0 Å². The molecule has 1 aliphatic carbocycles. The second kappa shape index (κ2) is 4.46. The molecule has 0 radical (unpaired) electrons. The number of ether oxygens (including phenoxy) is 1. The van der Waals surface area contributed by atoms with Gasteiger partial charge in [0.25, 0.3) is 0 Å². The van der Waals surface area contributed by atoms with Crippen LogP contribution in [0.3, 0.4) is 0 Å². The van der Waals surface area contributed by atoms with E-state index in [1.807, 2.05) is 41.7 Å². The summed E-state index contributed by atoms with van der Waals surface area (Å²) < 4.78 is 6.38. The van der Waals surface area contributed by atoms with Crippen molar-refractivity contribution >= 4 is 29.4 Å². The van der Waals surface area contributed by atoms with Crippen LogP contribution in [0.5, 0.6) is 0 Å². The van der Waals surface area contributed by atoms with Crippen LogP contribution in [0, 0.1) is 11.8 Å². The molecule has 116 valence electrons. The molecule has 0 unspecified atom stereocenters. The number of thioether (sulfide) groups is 2. The molecule has 5 heteroatoms. The van der Waals surface area contributed by atoms with Gasteiger partial charge in [-0.05, 0) is 18.9 Å². The number of hydrogen-bond donors (Lipinski definition) is 0. The summed E-state index contributed by atoms with van der Waals surface area (Å²) in [6, 6.07) is 10.4. The second-order valence-corrected chi connectivity index (χ2v) is 9.91. The van der Waals surface area contributed by atoms with Crippen molar-refractivity contribution in [2.45, 2.75) is 29.2 Å². The van der Waals surface area contributed by atoms with Crippen molar-refractivity contribution in [1.29, 1.82) is 0 Å². The number of hydrogen-bond acceptors (Lipinski definition) is 4. The smallest absolute Gasteiger partial charge is 0.231 e. The summed E-state index contributed by atoms with van der Waals surface area (Å²) in [5.74, 6) is 3.21. The van der Waals surface area contributed by atoms with Gasteiger partial charge in [-0.1, -0.05) is 30.3 Å². The molecule has 0 aromatic heterocycles. The van der Waals surface area contributed by atoms with Crippen LogP contribution in [0.2, 0.25) is 0 Å². The Morgan fingerprint density at radius 3 is 2.68 bits per heavy atom. The van der Waals surface area contributed by atoms with E-state index < -0.39 is 5.72 Å². The van der Waals surface area contributed by atoms with Gasteiger partial charge in [0.05, 0.1) is 22.6 Å². The monoisotopic (exact) mass is 333 g/mol. The van der Waals surface area contributed by atoms with Gasteiger partial charge < -0.3 is 9.64 Å². The van der Waals surface area contributed by atoms with Gasteiger partial charge in [0, 0.05) is 17.4 Å². The van der Waals surface area contributed by atoms with Crippen LogP contribution in [0.25, 0.3) is 0 Å². The summed E-state index contributed by atoms with van der Waals surface area (Å²) in [6.45, 7) is 2.76. The molecule has 22 heavy (non-hydrogen) atoms. The van der Waals surface area contributed by atoms with Crippen LogP contribution >= 0.6 is 23.5 Å². The van der Waals surface area contributed by atoms with Gasteiger partial charge in [-0.15, -0.1) is 23.5 Å². The first-order valence-electron chi connectivity index (χ1n) is 7.96. The Balaban J connectivity index is 1.52. The van der Waals surface area contributed by atoms with Crippen molar-refractivity contribution in [2.24, 2.45) is 11.8 Å². The molecule has 4 fully saturated rings. The predicted molar refractivity (Wildman–Crippen MR) is 89.6 cm³/mol. The third-order valence-corrected chi connectivity index (χ3v) is 9.46. The minimum absolute atomic E-state index is 0.0813. The number of carbonyl (C=O) groups is 1. The lowest BCUT2D eigenvalue weighted by atomic mass is 9.70. The maximum absolute atomic E-state index is 13.2. The van der Waals surface area contributed by atoms with E-state index in [1.165, 1.54) is 17.1 Å². The Hall–Kier alpha value is -0.650. The highest BCUT2D eigenvalue weighted by Crippen LogP contribution is 2.70. The second-order valence-electron chi connectivity index (χ2n) is 6.80. The molecule has 1 amide bonds. The number of rotatable bonds is 1. The SMILES string of the molecule is C[C@@]12OC[C@@H](c3ccccc3)N1C(=O)[C@@H]1[C@H]2CC12SCCS2. The molecule has 1 aromatic carbocycles. The average Bonchev–Trinajstić information content (AvgIpc) is 3.15. The predicted octanol–water partition coefficient (Wildman–Crippen LogP) is 3.13. The lowest BCUT2D eigenvalue weighted by Crippen LogP contribution is -2.53. The van der Waals surface area contributed by atoms with Crippen molar-refractivity contribution in [2.75, 3.05) is 18.1 Å². The molecule has 1 spiro atoms. The highest BCUT2D eigenvalue weighted by atomic mass is 32.2. The summed E-state index contributed by atoms with van der Waals surface area (Å²) in [5, 5.41) is 0. The fraction of sp³-hybridized carbons (Fsp3) is 0.588. The molecule has 3 heterocycles. The first-order valence-corrected chi connectivity index (χ1v) is 9.93. The third-order valence-electron chi connectivity index (χ3n) is 5.86. The summed E-state index contributed by atoms with van der Waals surface area (Å²) in [5.41, 5.74) is 0.804. The van der Waals surface area contributed by atoms with E-state index in [4.69, 9.17) is 4.74 Å².